The first kappa shape index (κ1) is 18.4. The molecule has 0 fully saturated rings. The molecule has 0 heterocycles. The number of benzene rings is 4. The second-order valence-corrected chi connectivity index (χ2v) is 6.91. The Balaban J connectivity index is 1.57. The largest absolute Gasteiger partial charge is 0.399 e. The third-order valence-corrected chi connectivity index (χ3v) is 4.78. The third kappa shape index (κ3) is 4.17. The molecule has 0 atom stereocenters. The van der Waals surface area contributed by atoms with Gasteiger partial charge in [0.05, 0.1) is 12.1 Å². The van der Waals surface area contributed by atoms with E-state index >= 15 is 0 Å². The summed E-state index contributed by atoms with van der Waals surface area (Å²) >= 11 is 0. The lowest BCUT2D eigenvalue weighted by molar-refractivity contribution is -0.115. The van der Waals surface area contributed by atoms with Crippen molar-refractivity contribution in [2.24, 2.45) is 0 Å². The molecule has 0 aromatic heterocycles. The highest BCUT2D eigenvalue weighted by molar-refractivity contribution is 6.14. The van der Waals surface area contributed by atoms with Crippen molar-refractivity contribution in [3.63, 3.8) is 0 Å². The summed E-state index contributed by atoms with van der Waals surface area (Å²) in [5.74, 6) is -0.369. The first-order valence-electron chi connectivity index (χ1n) is 9.37. The maximum atomic E-state index is 12.9. The molecule has 1 amide bonds. The number of anilines is 2. The Morgan fingerprint density at radius 3 is 2.28 bits per heavy atom. The van der Waals surface area contributed by atoms with Gasteiger partial charge in [-0.3, -0.25) is 9.59 Å². The van der Waals surface area contributed by atoms with Gasteiger partial charge in [-0.2, -0.15) is 0 Å². The van der Waals surface area contributed by atoms with Gasteiger partial charge in [0, 0.05) is 16.8 Å². The maximum Gasteiger partial charge on any atom is 0.228 e. The summed E-state index contributed by atoms with van der Waals surface area (Å²) < 4.78 is 0. The normalized spacial score (nSPS) is 10.6. The van der Waals surface area contributed by atoms with Crippen molar-refractivity contribution in [3.8, 4) is 0 Å². The smallest absolute Gasteiger partial charge is 0.228 e. The summed E-state index contributed by atoms with van der Waals surface area (Å²) in [6.45, 7) is 0. The number of fused-ring (bicyclic) bond motifs is 1. The van der Waals surface area contributed by atoms with Crippen LogP contribution in [0.2, 0.25) is 0 Å². The molecule has 0 bridgehead atoms. The monoisotopic (exact) mass is 380 g/mol. The highest BCUT2D eigenvalue weighted by atomic mass is 16.1. The molecular weight excluding hydrogens is 360 g/mol. The maximum absolute atomic E-state index is 12.9. The Bertz CT molecular complexity index is 1200. The van der Waals surface area contributed by atoms with Gasteiger partial charge in [0.15, 0.2) is 5.78 Å². The number of hydrogen-bond acceptors (Lipinski definition) is 3. The highest BCUT2D eigenvalue weighted by Crippen LogP contribution is 2.23. The van der Waals surface area contributed by atoms with Crippen molar-refractivity contribution in [3.05, 3.63) is 108 Å². The van der Waals surface area contributed by atoms with Gasteiger partial charge in [0.2, 0.25) is 5.91 Å². The van der Waals surface area contributed by atoms with Gasteiger partial charge in [-0.15, -0.1) is 0 Å². The molecule has 0 saturated heterocycles. The minimum absolute atomic E-state index is 0.182. The van der Waals surface area contributed by atoms with E-state index in [4.69, 9.17) is 5.73 Å². The van der Waals surface area contributed by atoms with Crippen LogP contribution in [-0.4, -0.2) is 11.7 Å². The predicted octanol–water partition coefficient (Wildman–Crippen LogP) is 4.83. The van der Waals surface area contributed by atoms with Gasteiger partial charge in [-0.05, 0) is 34.5 Å². The molecule has 0 spiro atoms. The fourth-order valence-electron chi connectivity index (χ4n) is 3.33. The van der Waals surface area contributed by atoms with E-state index in [9.17, 15) is 9.59 Å². The summed E-state index contributed by atoms with van der Waals surface area (Å²) in [7, 11) is 0. The minimum atomic E-state index is -0.188. The number of nitrogens with two attached hydrogens (primary N) is 1. The van der Waals surface area contributed by atoms with E-state index in [0.29, 0.717) is 22.5 Å². The molecular formula is C25H20N2O2. The van der Waals surface area contributed by atoms with Crippen LogP contribution in [0.4, 0.5) is 11.4 Å². The van der Waals surface area contributed by atoms with Gasteiger partial charge < -0.3 is 11.1 Å². The van der Waals surface area contributed by atoms with Crippen LogP contribution >= 0.6 is 0 Å². The van der Waals surface area contributed by atoms with Gasteiger partial charge >= 0.3 is 0 Å². The number of nitrogens with one attached hydrogen (secondary N) is 1. The van der Waals surface area contributed by atoms with E-state index < -0.39 is 0 Å². The van der Waals surface area contributed by atoms with Crippen LogP contribution in [0.25, 0.3) is 10.8 Å². The summed E-state index contributed by atoms with van der Waals surface area (Å²) in [6.07, 6.45) is 0.216. The summed E-state index contributed by atoms with van der Waals surface area (Å²) in [4.78, 5) is 25.6. The van der Waals surface area contributed by atoms with Crippen molar-refractivity contribution in [2.45, 2.75) is 6.42 Å². The van der Waals surface area contributed by atoms with Crippen LogP contribution in [0.5, 0.6) is 0 Å². The molecule has 4 heteroatoms. The molecule has 0 aliphatic heterocycles. The fourth-order valence-corrected chi connectivity index (χ4v) is 3.33. The average Bonchev–Trinajstić information content (AvgIpc) is 2.75. The number of hydrogen-bond donors (Lipinski definition) is 2. The molecule has 4 aromatic carbocycles. The van der Waals surface area contributed by atoms with Crippen LogP contribution < -0.4 is 11.1 Å². The van der Waals surface area contributed by atoms with E-state index in [-0.39, 0.29) is 18.1 Å². The Morgan fingerprint density at radius 2 is 1.48 bits per heavy atom. The topological polar surface area (TPSA) is 72.2 Å². The first-order chi connectivity index (χ1) is 14.1. The molecule has 4 rings (SSSR count). The van der Waals surface area contributed by atoms with Crippen molar-refractivity contribution in [2.75, 3.05) is 11.1 Å². The lowest BCUT2D eigenvalue weighted by atomic mass is 10.0. The van der Waals surface area contributed by atoms with E-state index in [1.165, 1.54) is 0 Å². The highest BCUT2D eigenvalue weighted by Gasteiger charge is 2.16. The molecule has 29 heavy (non-hydrogen) atoms. The van der Waals surface area contributed by atoms with E-state index in [1.54, 1.807) is 42.5 Å². The second-order valence-electron chi connectivity index (χ2n) is 6.91. The van der Waals surface area contributed by atoms with E-state index in [2.05, 4.69) is 5.32 Å². The standard InChI is InChI=1S/C25H20N2O2/c26-21-12-13-23(22(16-21)25(29)19-7-2-1-3-8-19)27-24(28)15-17-10-11-18-6-4-5-9-20(18)14-17/h1-14,16H,15,26H2,(H,27,28). The molecule has 3 N–H and O–H groups in total. The summed E-state index contributed by atoms with van der Waals surface area (Å²) in [5, 5.41) is 5.09. The number of carbonyl (C=O) groups excluding carboxylic acids is 2. The zero-order valence-corrected chi connectivity index (χ0v) is 15.8. The SMILES string of the molecule is Nc1ccc(NC(=O)Cc2ccc3ccccc3c2)c(C(=O)c2ccccc2)c1. The molecule has 0 aliphatic rings. The van der Waals surface area contributed by atoms with Gasteiger partial charge in [0.25, 0.3) is 0 Å². The van der Waals surface area contributed by atoms with Crippen LogP contribution in [-0.2, 0) is 11.2 Å². The lowest BCUT2D eigenvalue weighted by Gasteiger charge is -2.12. The van der Waals surface area contributed by atoms with Crippen LogP contribution in [0, 0.1) is 0 Å². The molecule has 0 unspecified atom stereocenters. The number of nitrogen functional groups attached to an aromatic ring is 1. The Labute approximate surface area is 169 Å². The zero-order valence-electron chi connectivity index (χ0n) is 15.8. The first-order valence-corrected chi connectivity index (χ1v) is 9.37. The van der Waals surface area contributed by atoms with Crippen LogP contribution in [0.3, 0.4) is 0 Å². The number of ketones is 1. The van der Waals surface area contributed by atoms with E-state index in [1.807, 2.05) is 48.5 Å². The minimum Gasteiger partial charge on any atom is -0.399 e. The molecule has 0 aliphatic carbocycles. The van der Waals surface area contributed by atoms with Crippen molar-refractivity contribution < 1.29 is 9.59 Å². The number of amides is 1. The third-order valence-electron chi connectivity index (χ3n) is 4.78. The van der Waals surface area contributed by atoms with Crippen LogP contribution in [0.1, 0.15) is 21.5 Å². The second kappa shape index (κ2) is 7.98. The Kier molecular flexibility index (Phi) is 5.08. The number of rotatable bonds is 5. The number of carbonyl (C=O) groups is 2. The van der Waals surface area contributed by atoms with Crippen molar-refractivity contribution in [1.82, 2.24) is 0 Å². The van der Waals surface area contributed by atoms with Gasteiger partial charge in [0.1, 0.15) is 0 Å². The summed E-state index contributed by atoms with van der Waals surface area (Å²) in [6, 6.07) is 27.9. The average molecular weight is 380 g/mol. The van der Waals surface area contributed by atoms with Crippen LogP contribution in [0.15, 0.2) is 91.0 Å². The molecule has 0 saturated carbocycles. The van der Waals surface area contributed by atoms with Crippen molar-refractivity contribution >= 4 is 33.8 Å². The predicted molar refractivity (Wildman–Crippen MR) is 117 cm³/mol. The van der Waals surface area contributed by atoms with Crippen molar-refractivity contribution in [1.29, 1.82) is 0 Å². The molecule has 4 aromatic rings. The molecule has 0 radical (unpaired) electrons. The Hall–Kier alpha value is -3.92. The van der Waals surface area contributed by atoms with Gasteiger partial charge in [-0.25, -0.2) is 0 Å². The van der Waals surface area contributed by atoms with Gasteiger partial charge in [-0.1, -0.05) is 72.8 Å². The zero-order chi connectivity index (χ0) is 20.2. The lowest BCUT2D eigenvalue weighted by Crippen LogP contribution is -2.17. The molecule has 142 valence electrons. The fraction of sp³-hybridized carbons (Fsp3) is 0.0400. The Morgan fingerprint density at radius 1 is 0.759 bits per heavy atom. The molecule has 4 nitrogen and oxygen atoms in total. The van der Waals surface area contributed by atoms with E-state index in [0.717, 1.165) is 16.3 Å². The summed E-state index contributed by atoms with van der Waals surface area (Å²) in [5.41, 5.74) is 8.64. The quantitative estimate of drug-likeness (QED) is 0.385.